The van der Waals surface area contributed by atoms with E-state index in [-0.39, 0.29) is 11.3 Å². The molecule has 0 unspecified atom stereocenters. The van der Waals surface area contributed by atoms with E-state index in [0.29, 0.717) is 0 Å². The maximum absolute atomic E-state index is 11.8. The van der Waals surface area contributed by atoms with Gasteiger partial charge in [0.2, 0.25) is 5.91 Å². The topological polar surface area (TPSA) is 52.9 Å². The minimum atomic E-state index is -0.662. The van der Waals surface area contributed by atoms with Gasteiger partial charge in [-0.1, -0.05) is 26.2 Å². The first kappa shape index (κ1) is 11.4. The fourth-order valence-electron chi connectivity index (χ4n) is 2.56. The predicted molar refractivity (Wildman–Crippen MR) is 61.5 cm³/mol. The largest absolute Gasteiger partial charge is 0.354 e. The van der Waals surface area contributed by atoms with Gasteiger partial charge in [-0.2, -0.15) is 5.26 Å². The number of amides is 1. The Kier molecular flexibility index (Phi) is 2.92. The molecule has 0 aromatic heterocycles. The second kappa shape index (κ2) is 4.08. The third kappa shape index (κ3) is 2.21. The van der Waals surface area contributed by atoms with Crippen LogP contribution >= 0.6 is 0 Å². The summed E-state index contributed by atoms with van der Waals surface area (Å²) in [7, 11) is 0. The summed E-state index contributed by atoms with van der Waals surface area (Å²) in [6, 6.07) is 2.14. The SMILES string of the molecule is CC1(CNC(=O)C2(C#N)CC2)CCCCC1. The van der Waals surface area contributed by atoms with Gasteiger partial charge in [0.1, 0.15) is 5.41 Å². The van der Waals surface area contributed by atoms with Crippen LogP contribution in [0.25, 0.3) is 0 Å². The van der Waals surface area contributed by atoms with Crippen LogP contribution in [0, 0.1) is 22.2 Å². The highest BCUT2D eigenvalue weighted by Gasteiger charge is 2.50. The van der Waals surface area contributed by atoms with E-state index in [4.69, 9.17) is 5.26 Å². The molecule has 2 rings (SSSR count). The van der Waals surface area contributed by atoms with E-state index in [1.54, 1.807) is 0 Å². The monoisotopic (exact) mass is 220 g/mol. The predicted octanol–water partition coefficient (Wildman–Crippen LogP) is 2.38. The van der Waals surface area contributed by atoms with E-state index in [9.17, 15) is 4.79 Å². The second-order valence-electron chi connectivity index (χ2n) is 5.75. The molecule has 16 heavy (non-hydrogen) atoms. The van der Waals surface area contributed by atoms with Crippen LogP contribution in [0.2, 0.25) is 0 Å². The first-order valence-electron chi connectivity index (χ1n) is 6.30. The minimum absolute atomic E-state index is 0.0400. The van der Waals surface area contributed by atoms with Gasteiger partial charge in [-0.05, 0) is 31.1 Å². The Morgan fingerprint density at radius 3 is 2.38 bits per heavy atom. The van der Waals surface area contributed by atoms with Crippen LogP contribution in [0.4, 0.5) is 0 Å². The lowest BCUT2D eigenvalue weighted by molar-refractivity contribution is -0.125. The molecule has 3 heteroatoms. The second-order valence-corrected chi connectivity index (χ2v) is 5.75. The zero-order chi connectivity index (χ0) is 11.6. The third-order valence-electron chi connectivity index (χ3n) is 4.14. The summed E-state index contributed by atoms with van der Waals surface area (Å²) in [5, 5.41) is 11.9. The van der Waals surface area contributed by atoms with Crippen LogP contribution in [-0.4, -0.2) is 12.5 Å². The smallest absolute Gasteiger partial charge is 0.240 e. The molecule has 0 atom stereocenters. The van der Waals surface area contributed by atoms with E-state index < -0.39 is 5.41 Å². The molecule has 0 aliphatic heterocycles. The Morgan fingerprint density at radius 1 is 1.25 bits per heavy atom. The summed E-state index contributed by atoms with van der Waals surface area (Å²) in [6.07, 6.45) is 7.76. The van der Waals surface area contributed by atoms with Gasteiger partial charge in [-0.3, -0.25) is 4.79 Å². The molecule has 0 aromatic rings. The first-order chi connectivity index (χ1) is 7.60. The van der Waals surface area contributed by atoms with Crippen molar-refractivity contribution in [1.29, 1.82) is 5.26 Å². The van der Waals surface area contributed by atoms with Crippen LogP contribution in [-0.2, 0) is 4.79 Å². The van der Waals surface area contributed by atoms with E-state index in [1.807, 2.05) is 0 Å². The van der Waals surface area contributed by atoms with Gasteiger partial charge in [0, 0.05) is 6.54 Å². The van der Waals surface area contributed by atoms with Crippen LogP contribution in [0.15, 0.2) is 0 Å². The fraction of sp³-hybridized carbons (Fsp3) is 0.846. The molecule has 2 aliphatic rings. The number of nitriles is 1. The molecule has 0 bridgehead atoms. The Labute approximate surface area is 97.2 Å². The molecule has 1 N–H and O–H groups in total. The number of nitrogens with zero attached hydrogens (tertiary/aromatic N) is 1. The summed E-state index contributed by atoms with van der Waals surface area (Å²) in [6.45, 7) is 2.99. The normalized spacial score (nSPS) is 25.5. The maximum Gasteiger partial charge on any atom is 0.240 e. The van der Waals surface area contributed by atoms with Crippen molar-refractivity contribution < 1.29 is 4.79 Å². The zero-order valence-corrected chi connectivity index (χ0v) is 10.0. The highest BCUT2D eigenvalue weighted by molar-refractivity contribution is 5.88. The molecule has 0 aromatic carbocycles. The third-order valence-corrected chi connectivity index (χ3v) is 4.14. The fourth-order valence-corrected chi connectivity index (χ4v) is 2.56. The van der Waals surface area contributed by atoms with Crippen LogP contribution in [0.5, 0.6) is 0 Å². The lowest BCUT2D eigenvalue weighted by atomic mass is 9.75. The van der Waals surface area contributed by atoms with Gasteiger partial charge in [-0.15, -0.1) is 0 Å². The Balaban J connectivity index is 1.83. The first-order valence-corrected chi connectivity index (χ1v) is 6.30. The lowest BCUT2D eigenvalue weighted by Gasteiger charge is -2.33. The standard InChI is InChI=1S/C13H20N2O/c1-12(5-3-2-4-6-12)10-15-11(16)13(9-14)7-8-13/h2-8,10H2,1H3,(H,15,16). The van der Waals surface area contributed by atoms with Crippen molar-refractivity contribution in [3.05, 3.63) is 0 Å². The van der Waals surface area contributed by atoms with Gasteiger partial charge in [0.05, 0.1) is 6.07 Å². The molecule has 2 aliphatic carbocycles. The van der Waals surface area contributed by atoms with Crippen molar-refractivity contribution in [2.75, 3.05) is 6.54 Å². The molecule has 0 spiro atoms. The minimum Gasteiger partial charge on any atom is -0.354 e. The summed E-state index contributed by atoms with van der Waals surface area (Å²) >= 11 is 0. The van der Waals surface area contributed by atoms with Crippen LogP contribution in [0.3, 0.4) is 0 Å². The van der Waals surface area contributed by atoms with Gasteiger partial charge in [0.15, 0.2) is 0 Å². The molecule has 2 saturated carbocycles. The molecule has 0 saturated heterocycles. The molecular formula is C13H20N2O. The average molecular weight is 220 g/mol. The molecule has 3 nitrogen and oxygen atoms in total. The summed E-state index contributed by atoms with van der Waals surface area (Å²) in [4.78, 5) is 11.8. The van der Waals surface area contributed by atoms with E-state index in [1.165, 1.54) is 32.1 Å². The van der Waals surface area contributed by atoms with Crippen molar-refractivity contribution in [3.63, 3.8) is 0 Å². The summed E-state index contributed by atoms with van der Waals surface area (Å²) in [5.41, 5.74) is -0.398. The van der Waals surface area contributed by atoms with Gasteiger partial charge < -0.3 is 5.32 Å². The zero-order valence-electron chi connectivity index (χ0n) is 10.0. The molecule has 0 heterocycles. The number of carbonyl (C=O) groups excluding carboxylic acids is 1. The average Bonchev–Trinajstić information content (AvgIpc) is 3.08. The number of rotatable bonds is 3. The quantitative estimate of drug-likeness (QED) is 0.794. The highest BCUT2D eigenvalue weighted by Crippen LogP contribution is 2.45. The van der Waals surface area contributed by atoms with Gasteiger partial charge in [-0.25, -0.2) is 0 Å². The van der Waals surface area contributed by atoms with Crippen molar-refractivity contribution in [3.8, 4) is 6.07 Å². The highest BCUT2D eigenvalue weighted by atomic mass is 16.2. The van der Waals surface area contributed by atoms with E-state index in [0.717, 1.165) is 19.4 Å². The number of nitrogens with one attached hydrogen (secondary N) is 1. The van der Waals surface area contributed by atoms with Crippen molar-refractivity contribution in [2.45, 2.75) is 51.9 Å². The summed E-state index contributed by atoms with van der Waals surface area (Å²) in [5.74, 6) is -0.0400. The maximum atomic E-state index is 11.8. The molecular weight excluding hydrogens is 200 g/mol. The van der Waals surface area contributed by atoms with Crippen molar-refractivity contribution >= 4 is 5.91 Å². The van der Waals surface area contributed by atoms with Crippen molar-refractivity contribution in [2.24, 2.45) is 10.8 Å². The molecule has 88 valence electrons. The number of hydrogen-bond acceptors (Lipinski definition) is 2. The molecule has 0 radical (unpaired) electrons. The van der Waals surface area contributed by atoms with Crippen LogP contribution < -0.4 is 5.32 Å². The molecule has 1 amide bonds. The Hall–Kier alpha value is -1.04. The summed E-state index contributed by atoms with van der Waals surface area (Å²) < 4.78 is 0. The van der Waals surface area contributed by atoms with Crippen molar-refractivity contribution in [1.82, 2.24) is 5.32 Å². The Bertz CT molecular complexity index is 319. The molecule has 2 fully saturated rings. The number of carbonyl (C=O) groups is 1. The Morgan fingerprint density at radius 2 is 1.88 bits per heavy atom. The van der Waals surface area contributed by atoms with Crippen LogP contribution in [0.1, 0.15) is 51.9 Å². The number of hydrogen-bond donors (Lipinski definition) is 1. The van der Waals surface area contributed by atoms with Gasteiger partial charge >= 0.3 is 0 Å². The van der Waals surface area contributed by atoms with E-state index >= 15 is 0 Å². The van der Waals surface area contributed by atoms with E-state index in [2.05, 4.69) is 18.3 Å². The lowest BCUT2D eigenvalue weighted by Crippen LogP contribution is -2.40. The van der Waals surface area contributed by atoms with Gasteiger partial charge in [0.25, 0.3) is 0 Å².